The van der Waals surface area contributed by atoms with E-state index in [0.717, 1.165) is 5.69 Å². The zero-order valence-electron chi connectivity index (χ0n) is 11.3. The number of rotatable bonds is 3. The second-order valence-electron chi connectivity index (χ2n) is 4.54. The van der Waals surface area contributed by atoms with Crippen LogP contribution < -0.4 is 10.4 Å². The number of anilines is 1. The van der Waals surface area contributed by atoms with E-state index in [-0.39, 0.29) is 6.04 Å². The minimum absolute atomic E-state index is 0.113. The molecule has 21 heavy (non-hydrogen) atoms. The van der Waals surface area contributed by atoms with Gasteiger partial charge in [-0.05, 0) is 36.8 Å². The van der Waals surface area contributed by atoms with Crippen LogP contribution in [0.3, 0.4) is 0 Å². The maximum absolute atomic E-state index is 11.7. The van der Waals surface area contributed by atoms with E-state index >= 15 is 0 Å². The summed E-state index contributed by atoms with van der Waals surface area (Å²) in [7, 11) is 1.25. The molecule has 2 N–H and O–H groups in total. The van der Waals surface area contributed by atoms with Crippen LogP contribution >= 0.6 is 23.2 Å². The summed E-state index contributed by atoms with van der Waals surface area (Å²) in [5, 5.41) is 12.6. The first-order valence-electron chi connectivity index (χ1n) is 6.29. The predicted molar refractivity (Wildman–Crippen MR) is 83.5 cm³/mol. The van der Waals surface area contributed by atoms with Gasteiger partial charge in [0.1, 0.15) is 0 Å². The largest absolute Gasteiger partial charge is 0.359 e. The highest BCUT2D eigenvalue weighted by Crippen LogP contribution is 2.24. The molecular formula is C14H15Cl2N3O2. The molecule has 0 fully saturated rings. The molecule has 0 radical (unpaired) electrons. The average Bonchev–Trinajstić information content (AvgIpc) is 2.46. The smallest absolute Gasteiger partial charge is 0.285 e. The van der Waals surface area contributed by atoms with Gasteiger partial charge >= 0.3 is 6.03 Å². The van der Waals surface area contributed by atoms with Crippen LogP contribution in [0.4, 0.5) is 10.5 Å². The summed E-state index contributed by atoms with van der Waals surface area (Å²) in [5.74, 6) is 0. The molecule has 7 heteroatoms. The number of carbonyl (C=O) groups excluding carboxylic acids is 1. The first-order valence-corrected chi connectivity index (χ1v) is 7.05. The van der Waals surface area contributed by atoms with Crippen molar-refractivity contribution in [2.75, 3.05) is 12.1 Å². The summed E-state index contributed by atoms with van der Waals surface area (Å²) in [6.07, 6.45) is 6.15. The zero-order chi connectivity index (χ0) is 15.4. The van der Waals surface area contributed by atoms with Gasteiger partial charge in [0.15, 0.2) is 0 Å². The van der Waals surface area contributed by atoms with Crippen molar-refractivity contribution in [2.45, 2.75) is 12.5 Å². The van der Waals surface area contributed by atoms with E-state index in [2.05, 4.69) is 5.43 Å². The maximum Gasteiger partial charge on any atom is 0.359 e. The van der Waals surface area contributed by atoms with E-state index in [1.54, 1.807) is 35.4 Å². The van der Waals surface area contributed by atoms with Crippen LogP contribution in [0.25, 0.3) is 0 Å². The minimum atomic E-state index is -0.640. The molecule has 2 rings (SSSR count). The van der Waals surface area contributed by atoms with Crippen LogP contribution in [0, 0.1) is 0 Å². The number of hydroxylamine groups is 2. The Labute approximate surface area is 133 Å². The highest BCUT2D eigenvalue weighted by molar-refractivity contribution is 6.31. The molecule has 0 heterocycles. The lowest BCUT2D eigenvalue weighted by molar-refractivity contribution is -0.0187. The number of halogens is 2. The van der Waals surface area contributed by atoms with Gasteiger partial charge in [-0.1, -0.05) is 35.4 Å². The lowest BCUT2D eigenvalue weighted by atomic mass is 10.1. The van der Waals surface area contributed by atoms with Crippen molar-refractivity contribution in [1.82, 2.24) is 10.5 Å². The Morgan fingerprint density at radius 3 is 2.52 bits per heavy atom. The standard InChI is InChI=1S/C14H15Cl2N3O2/c1-18(21)14(20)17-19(12-6-2-10(15)3-7-12)13-8-4-11(16)5-9-13/h2-8,13,21H,9H2,1H3,(H,17,20). The summed E-state index contributed by atoms with van der Waals surface area (Å²) in [4.78, 5) is 11.7. The number of hydrogen-bond donors (Lipinski definition) is 2. The van der Waals surface area contributed by atoms with E-state index < -0.39 is 6.03 Å². The van der Waals surface area contributed by atoms with Crippen LogP contribution in [0.2, 0.25) is 5.02 Å². The van der Waals surface area contributed by atoms with Gasteiger partial charge in [-0.2, -0.15) is 0 Å². The highest BCUT2D eigenvalue weighted by atomic mass is 35.5. The maximum atomic E-state index is 11.7. The number of hydrazine groups is 1. The normalized spacial score (nSPS) is 17.1. The molecule has 1 atom stereocenters. The molecule has 112 valence electrons. The number of urea groups is 1. The Balaban J connectivity index is 2.24. The van der Waals surface area contributed by atoms with Crippen molar-refractivity contribution >= 4 is 34.9 Å². The van der Waals surface area contributed by atoms with Crippen LogP contribution in [0.1, 0.15) is 6.42 Å². The van der Waals surface area contributed by atoms with E-state index in [9.17, 15) is 10.0 Å². The topological polar surface area (TPSA) is 55.8 Å². The molecule has 5 nitrogen and oxygen atoms in total. The molecular weight excluding hydrogens is 313 g/mol. The second-order valence-corrected chi connectivity index (χ2v) is 5.41. The van der Waals surface area contributed by atoms with Gasteiger partial charge in [-0.15, -0.1) is 0 Å². The van der Waals surface area contributed by atoms with E-state index in [4.69, 9.17) is 23.2 Å². The van der Waals surface area contributed by atoms with E-state index in [1.807, 2.05) is 12.2 Å². The van der Waals surface area contributed by atoms with Crippen molar-refractivity contribution in [3.63, 3.8) is 0 Å². The van der Waals surface area contributed by atoms with Crippen LogP contribution in [-0.2, 0) is 0 Å². The molecule has 1 aromatic rings. The number of amides is 2. The quantitative estimate of drug-likeness (QED) is 0.659. The molecule has 0 saturated carbocycles. The second kappa shape index (κ2) is 6.85. The molecule has 1 aliphatic rings. The van der Waals surface area contributed by atoms with Gasteiger partial charge < -0.3 is 0 Å². The molecule has 0 bridgehead atoms. The Hall–Kier alpha value is -1.69. The third-order valence-corrected chi connectivity index (χ3v) is 3.51. The molecule has 0 spiro atoms. The zero-order valence-corrected chi connectivity index (χ0v) is 12.8. The monoisotopic (exact) mass is 327 g/mol. The van der Waals surface area contributed by atoms with Gasteiger partial charge in [-0.3, -0.25) is 10.2 Å². The van der Waals surface area contributed by atoms with Crippen LogP contribution in [0.15, 0.2) is 47.5 Å². The van der Waals surface area contributed by atoms with Crippen LogP contribution in [0.5, 0.6) is 0 Å². The molecule has 1 aromatic carbocycles. The third kappa shape index (κ3) is 4.14. The lowest BCUT2D eigenvalue weighted by Gasteiger charge is -2.33. The fraction of sp³-hybridized carbons (Fsp3) is 0.214. The Kier molecular flexibility index (Phi) is 5.12. The van der Waals surface area contributed by atoms with Crippen molar-refractivity contribution in [3.8, 4) is 0 Å². The molecule has 2 amide bonds. The summed E-state index contributed by atoms with van der Waals surface area (Å²) in [6, 6.07) is 6.28. The Bertz CT molecular complexity index is 570. The molecule has 0 aromatic heterocycles. The summed E-state index contributed by atoms with van der Waals surface area (Å²) >= 11 is 11.8. The van der Waals surface area contributed by atoms with E-state index in [0.29, 0.717) is 21.5 Å². The minimum Gasteiger partial charge on any atom is -0.285 e. The Morgan fingerprint density at radius 2 is 2.00 bits per heavy atom. The summed E-state index contributed by atoms with van der Waals surface area (Å²) < 4.78 is 0. The SMILES string of the molecule is CN(O)C(=O)NN(c1ccc(Cl)cc1)C1C=CC(Cl)=CC1. The van der Waals surface area contributed by atoms with Gasteiger partial charge in [0, 0.05) is 17.1 Å². The first kappa shape index (κ1) is 15.7. The number of allylic oxidation sites excluding steroid dienone is 2. The van der Waals surface area contributed by atoms with Crippen molar-refractivity contribution in [2.24, 2.45) is 0 Å². The fourth-order valence-corrected chi connectivity index (χ4v) is 2.18. The number of hydrogen-bond acceptors (Lipinski definition) is 3. The number of nitrogens with zero attached hydrogens (tertiary/aromatic N) is 2. The summed E-state index contributed by atoms with van der Waals surface area (Å²) in [5.41, 5.74) is 3.39. The number of benzene rings is 1. The van der Waals surface area contributed by atoms with E-state index in [1.165, 1.54) is 7.05 Å². The van der Waals surface area contributed by atoms with Crippen molar-refractivity contribution in [3.05, 3.63) is 52.5 Å². The highest BCUT2D eigenvalue weighted by Gasteiger charge is 2.21. The van der Waals surface area contributed by atoms with Gasteiger partial charge in [-0.25, -0.2) is 15.3 Å². The average molecular weight is 328 g/mol. The van der Waals surface area contributed by atoms with Gasteiger partial charge in [0.05, 0.1) is 11.7 Å². The number of nitrogens with one attached hydrogen (secondary N) is 1. The number of carbonyl (C=O) groups is 1. The molecule has 1 unspecified atom stereocenters. The first-order chi connectivity index (χ1) is 9.97. The fourth-order valence-electron chi connectivity index (χ4n) is 1.89. The van der Waals surface area contributed by atoms with Gasteiger partial charge in [0.2, 0.25) is 0 Å². The van der Waals surface area contributed by atoms with Crippen LogP contribution in [-0.4, -0.2) is 29.4 Å². The Morgan fingerprint density at radius 1 is 1.33 bits per heavy atom. The van der Waals surface area contributed by atoms with Crippen molar-refractivity contribution in [1.29, 1.82) is 0 Å². The summed E-state index contributed by atoms with van der Waals surface area (Å²) in [6.45, 7) is 0. The molecule has 0 saturated heterocycles. The molecule has 1 aliphatic carbocycles. The molecule has 0 aliphatic heterocycles. The van der Waals surface area contributed by atoms with Crippen molar-refractivity contribution < 1.29 is 10.0 Å². The lowest BCUT2D eigenvalue weighted by Crippen LogP contribution is -2.51. The third-order valence-electron chi connectivity index (χ3n) is 2.98. The van der Waals surface area contributed by atoms with Gasteiger partial charge in [0.25, 0.3) is 0 Å². The predicted octanol–water partition coefficient (Wildman–Crippen LogP) is 3.54.